The van der Waals surface area contributed by atoms with Crippen LogP contribution >= 0.6 is 12.2 Å². The Labute approximate surface area is 179 Å². The summed E-state index contributed by atoms with van der Waals surface area (Å²) in [4.78, 5) is 26.6. The van der Waals surface area contributed by atoms with Gasteiger partial charge in [-0.25, -0.2) is 4.79 Å². The summed E-state index contributed by atoms with van der Waals surface area (Å²) in [5.41, 5.74) is 2.58. The van der Waals surface area contributed by atoms with Crippen molar-refractivity contribution in [3.05, 3.63) is 65.3 Å². The molecule has 158 valence electrons. The number of ether oxygens (including phenoxy) is 2. The maximum Gasteiger partial charge on any atom is 0.338 e. The summed E-state index contributed by atoms with van der Waals surface area (Å²) in [5, 5.41) is 6.45. The average molecular weight is 429 g/mol. The van der Waals surface area contributed by atoms with Gasteiger partial charge in [-0.05, 0) is 49.0 Å². The SMILES string of the molecule is COCCOC(=O)C1=C(C)N(C)C(=S)NC1c1ccc(NC(=O)c2ccco2)cc1. The normalized spacial score (nSPS) is 16.3. The summed E-state index contributed by atoms with van der Waals surface area (Å²) >= 11 is 5.40. The van der Waals surface area contributed by atoms with E-state index in [1.807, 2.05) is 19.1 Å². The monoisotopic (exact) mass is 429 g/mol. The van der Waals surface area contributed by atoms with E-state index in [0.29, 0.717) is 28.7 Å². The summed E-state index contributed by atoms with van der Waals surface area (Å²) < 4.78 is 15.4. The largest absolute Gasteiger partial charge is 0.460 e. The Balaban J connectivity index is 1.81. The molecule has 0 aliphatic carbocycles. The third-order valence-electron chi connectivity index (χ3n) is 4.74. The molecule has 1 aromatic heterocycles. The van der Waals surface area contributed by atoms with Crippen LogP contribution in [-0.4, -0.2) is 49.3 Å². The van der Waals surface area contributed by atoms with Crippen molar-refractivity contribution < 1.29 is 23.5 Å². The maximum absolute atomic E-state index is 12.8. The number of hydrogen-bond donors (Lipinski definition) is 2. The molecule has 30 heavy (non-hydrogen) atoms. The van der Waals surface area contributed by atoms with E-state index in [2.05, 4.69) is 10.6 Å². The molecule has 2 N–H and O–H groups in total. The standard InChI is InChI=1S/C21H23N3O5S/c1-13-17(20(26)29-12-11-27-3)18(23-21(30)24(13)2)14-6-8-15(9-7-14)22-19(25)16-5-4-10-28-16/h4-10,18H,11-12H2,1-3H3,(H,22,25)(H,23,30). The van der Waals surface area contributed by atoms with Gasteiger partial charge < -0.3 is 29.4 Å². The first-order valence-electron chi connectivity index (χ1n) is 9.28. The number of hydrogen-bond acceptors (Lipinski definition) is 6. The van der Waals surface area contributed by atoms with Gasteiger partial charge in [-0.3, -0.25) is 4.79 Å². The molecule has 0 bridgehead atoms. The van der Waals surface area contributed by atoms with E-state index >= 15 is 0 Å². The molecule has 8 nitrogen and oxygen atoms in total. The van der Waals surface area contributed by atoms with Crippen molar-refractivity contribution >= 4 is 34.9 Å². The van der Waals surface area contributed by atoms with Gasteiger partial charge in [0.25, 0.3) is 5.91 Å². The fraction of sp³-hybridized carbons (Fsp3) is 0.286. The molecule has 9 heteroatoms. The summed E-state index contributed by atoms with van der Waals surface area (Å²) in [7, 11) is 3.33. The lowest BCUT2D eigenvalue weighted by Crippen LogP contribution is -2.46. The first-order valence-corrected chi connectivity index (χ1v) is 9.69. The number of anilines is 1. The van der Waals surface area contributed by atoms with Crippen molar-refractivity contribution in [2.75, 3.05) is 32.7 Å². The molecule has 1 aromatic carbocycles. The first-order chi connectivity index (χ1) is 14.4. The Bertz CT molecular complexity index is 954. The zero-order valence-electron chi connectivity index (χ0n) is 16.9. The Morgan fingerprint density at radius 3 is 2.60 bits per heavy atom. The van der Waals surface area contributed by atoms with Gasteiger partial charge >= 0.3 is 5.97 Å². The van der Waals surface area contributed by atoms with E-state index in [0.717, 1.165) is 5.56 Å². The predicted molar refractivity (Wildman–Crippen MR) is 115 cm³/mol. The van der Waals surface area contributed by atoms with Crippen molar-refractivity contribution in [1.82, 2.24) is 10.2 Å². The first kappa shape index (κ1) is 21.5. The van der Waals surface area contributed by atoms with Crippen LogP contribution in [0.5, 0.6) is 0 Å². The second kappa shape index (κ2) is 9.55. The highest BCUT2D eigenvalue weighted by Crippen LogP contribution is 2.31. The predicted octanol–water partition coefficient (Wildman–Crippen LogP) is 2.86. The zero-order valence-corrected chi connectivity index (χ0v) is 17.7. The Morgan fingerprint density at radius 2 is 1.97 bits per heavy atom. The molecule has 0 radical (unpaired) electrons. The summed E-state index contributed by atoms with van der Waals surface area (Å²) in [6, 6.07) is 9.90. The van der Waals surface area contributed by atoms with Gasteiger partial charge in [-0.2, -0.15) is 0 Å². The van der Waals surface area contributed by atoms with Crippen LogP contribution in [0.15, 0.2) is 58.3 Å². The van der Waals surface area contributed by atoms with Crippen LogP contribution in [0.4, 0.5) is 5.69 Å². The molecule has 1 unspecified atom stereocenters. The number of carbonyl (C=O) groups excluding carboxylic acids is 2. The van der Waals surface area contributed by atoms with Gasteiger partial charge in [0.1, 0.15) is 6.61 Å². The van der Waals surface area contributed by atoms with Crippen molar-refractivity contribution in [2.45, 2.75) is 13.0 Å². The molecule has 1 amide bonds. The van der Waals surface area contributed by atoms with E-state index in [1.165, 1.54) is 6.26 Å². The van der Waals surface area contributed by atoms with Gasteiger partial charge in [0, 0.05) is 25.5 Å². The van der Waals surface area contributed by atoms with Crippen LogP contribution in [0.25, 0.3) is 0 Å². The molecule has 0 saturated carbocycles. The zero-order chi connectivity index (χ0) is 21.7. The van der Waals surface area contributed by atoms with E-state index in [4.69, 9.17) is 26.1 Å². The Hall–Kier alpha value is -3.17. The van der Waals surface area contributed by atoms with Crippen molar-refractivity contribution in [3.63, 3.8) is 0 Å². The average Bonchev–Trinajstić information content (AvgIpc) is 3.27. The minimum atomic E-state index is -0.474. The summed E-state index contributed by atoms with van der Waals surface area (Å²) in [6.07, 6.45) is 1.44. The van der Waals surface area contributed by atoms with Crippen molar-refractivity contribution in [1.29, 1.82) is 0 Å². The highest BCUT2D eigenvalue weighted by atomic mass is 32.1. The fourth-order valence-electron chi connectivity index (χ4n) is 3.00. The third-order valence-corrected chi connectivity index (χ3v) is 5.13. The minimum absolute atomic E-state index is 0.157. The Morgan fingerprint density at radius 1 is 1.23 bits per heavy atom. The molecule has 2 heterocycles. The van der Waals surface area contributed by atoms with E-state index in [9.17, 15) is 9.59 Å². The maximum atomic E-state index is 12.8. The topological polar surface area (TPSA) is 93.0 Å². The highest BCUT2D eigenvalue weighted by Gasteiger charge is 2.33. The number of carbonyl (C=O) groups is 2. The Kier molecular flexibility index (Phi) is 6.86. The molecular weight excluding hydrogens is 406 g/mol. The number of nitrogens with one attached hydrogen (secondary N) is 2. The van der Waals surface area contributed by atoms with Crippen molar-refractivity contribution in [3.8, 4) is 0 Å². The second-order valence-electron chi connectivity index (χ2n) is 6.62. The lowest BCUT2D eigenvalue weighted by Gasteiger charge is -2.35. The van der Waals surface area contributed by atoms with Crippen LogP contribution in [0.2, 0.25) is 0 Å². The number of methoxy groups -OCH3 is 1. The quantitative estimate of drug-likeness (QED) is 0.394. The fourth-order valence-corrected chi connectivity index (χ4v) is 3.26. The van der Waals surface area contributed by atoms with Crippen LogP contribution in [0.1, 0.15) is 29.1 Å². The number of amides is 1. The van der Waals surface area contributed by atoms with E-state index in [1.54, 1.807) is 43.3 Å². The second-order valence-corrected chi connectivity index (χ2v) is 7.01. The molecule has 0 spiro atoms. The smallest absolute Gasteiger partial charge is 0.338 e. The third kappa shape index (κ3) is 4.69. The van der Waals surface area contributed by atoms with Crippen LogP contribution in [0, 0.1) is 0 Å². The number of thiocarbonyl (C=S) groups is 1. The van der Waals surface area contributed by atoms with Crippen LogP contribution in [-0.2, 0) is 14.3 Å². The van der Waals surface area contributed by atoms with Crippen LogP contribution < -0.4 is 10.6 Å². The minimum Gasteiger partial charge on any atom is -0.460 e. The molecule has 1 aliphatic heterocycles. The van der Waals surface area contributed by atoms with Crippen LogP contribution in [0.3, 0.4) is 0 Å². The number of benzene rings is 1. The number of furan rings is 1. The molecule has 3 rings (SSSR count). The summed E-state index contributed by atoms with van der Waals surface area (Å²) in [5.74, 6) is -0.558. The van der Waals surface area contributed by atoms with Gasteiger partial charge in [-0.1, -0.05) is 12.1 Å². The molecule has 0 fully saturated rings. The van der Waals surface area contributed by atoms with E-state index < -0.39 is 12.0 Å². The van der Waals surface area contributed by atoms with Gasteiger partial charge in [0.15, 0.2) is 10.9 Å². The highest BCUT2D eigenvalue weighted by molar-refractivity contribution is 7.80. The molecule has 0 saturated heterocycles. The number of nitrogens with zero attached hydrogens (tertiary/aromatic N) is 1. The number of allylic oxidation sites excluding steroid dienone is 1. The van der Waals surface area contributed by atoms with Gasteiger partial charge in [0.05, 0.1) is 24.5 Å². The lowest BCUT2D eigenvalue weighted by atomic mass is 9.95. The van der Waals surface area contributed by atoms with Gasteiger partial charge in [-0.15, -0.1) is 0 Å². The number of esters is 1. The molecule has 2 aromatic rings. The molecule has 1 aliphatic rings. The summed E-state index contributed by atoms with van der Waals surface area (Å²) in [6.45, 7) is 2.30. The lowest BCUT2D eigenvalue weighted by molar-refractivity contribution is -0.140. The molecule has 1 atom stereocenters. The van der Waals surface area contributed by atoms with E-state index in [-0.39, 0.29) is 18.3 Å². The van der Waals surface area contributed by atoms with Crippen molar-refractivity contribution in [2.24, 2.45) is 0 Å². The number of rotatable bonds is 7. The van der Waals surface area contributed by atoms with Gasteiger partial charge in [0.2, 0.25) is 0 Å². The molecular formula is C21H23N3O5S.